The molecular formula is C3H5BO2. The molecule has 0 unspecified atom stereocenters. The standard InChI is InChI=1S/C3H5BO2/c1-3(5)6-2-4/h2H2,1H3. The first-order valence-corrected chi connectivity index (χ1v) is 1.61. The number of hydrogen-bond acceptors (Lipinski definition) is 2. The van der Waals surface area contributed by atoms with Gasteiger partial charge in [0, 0.05) is 13.4 Å². The fourth-order valence-corrected chi connectivity index (χ4v) is 0.117. The molecular weight excluding hydrogens is 78.8 g/mol. The van der Waals surface area contributed by atoms with Crippen molar-refractivity contribution in [2.75, 3.05) is 6.51 Å². The monoisotopic (exact) mass is 84.0 g/mol. The lowest BCUT2D eigenvalue weighted by Gasteiger charge is -1.89. The summed E-state index contributed by atoms with van der Waals surface area (Å²) in [5.74, 6) is -0.336. The van der Waals surface area contributed by atoms with Crippen molar-refractivity contribution in [3.05, 3.63) is 0 Å². The second-order valence-electron chi connectivity index (χ2n) is 0.803. The molecule has 0 aliphatic heterocycles. The summed E-state index contributed by atoms with van der Waals surface area (Å²) in [6.45, 7) is 1.29. The maximum atomic E-state index is 9.74. The lowest BCUT2D eigenvalue weighted by Crippen LogP contribution is -1.98. The molecule has 0 atom stereocenters. The molecule has 0 saturated carbocycles. The third-order valence-electron chi connectivity index (χ3n) is 0.287. The zero-order valence-electron chi connectivity index (χ0n) is 3.60. The van der Waals surface area contributed by atoms with Gasteiger partial charge >= 0.3 is 5.97 Å². The van der Waals surface area contributed by atoms with Crippen molar-refractivity contribution >= 4 is 13.8 Å². The Labute approximate surface area is 37.9 Å². The van der Waals surface area contributed by atoms with Gasteiger partial charge in [-0.05, 0) is 0 Å². The third kappa shape index (κ3) is 3.53. The predicted molar refractivity (Wildman–Crippen MR) is 22.4 cm³/mol. The van der Waals surface area contributed by atoms with Crippen LogP contribution in [0.5, 0.6) is 0 Å². The van der Waals surface area contributed by atoms with E-state index in [4.69, 9.17) is 7.85 Å². The molecule has 6 heavy (non-hydrogen) atoms. The first-order valence-electron chi connectivity index (χ1n) is 1.61. The Hall–Kier alpha value is -0.465. The third-order valence-corrected chi connectivity index (χ3v) is 0.287. The number of ether oxygens (including phenoxy) is 1. The molecule has 2 nitrogen and oxygen atoms in total. The van der Waals surface area contributed by atoms with E-state index in [0.717, 1.165) is 0 Å². The molecule has 0 aliphatic carbocycles. The highest BCUT2D eigenvalue weighted by Gasteiger charge is 1.81. The van der Waals surface area contributed by atoms with E-state index in [1.54, 1.807) is 0 Å². The van der Waals surface area contributed by atoms with Crippen molar-refractivity contribution in [2.24, 2.45) is 0 Å². The van der Waals surface area contributed by atoms with Gasteiger partial charge in [-0.15, -0.1) is 0 Å². The van der Waals surface area contributed by atoms with Crippen molar-refractivity contribution < 1.29 is 9.53 Å². The zero-order chi connectivity index (χ0) is 4.99. The largest absolute Gasteiger partial charge is 0.476 e. The van der Waals surface area contributed by atoms with Crippen molar-refractivity contribution in [3.8, 4) is 0 Å². The molecule has 0 saturated heterocycles. The second-order valence-corrected chi connectivity index (χ2v) is 0.803. The number of esters is 1. The van der Waals surface area contributed by atoms with Gasteiger partial charge < -0.3 is 4.74 Å². The predicted octanol–water partition coefficient (Wildman–Crippen LogP) is -0.325. The molecule has 0 heterocycles. The van der Waals surface area contributed by atoms with Crippen LogP contribution in [0.4, 0.5) is 0 Å². The second kappa shape index (κ2) is 2.76. The maximum Gasteiger partial charge on any atom is 0.301 e. The number of hydrogen-bond donors (Lipinski definition) is 0. The first kappa shape index (κ1) is 5.53. The van der Waals surface area contributed by atoms with Gasteiger partial charge in [0.05, 0.1) is 0 Å². The van der Waals surface area contributed by atoms with E-state index in [9.17, 15) is 4.79 Å². The van der Waals surface area contributed by atoms with Gasteiger partial charge in [-0.2, -0.15) is 0 Å². The first-order chi connectivity index (χ1) is 2.77. The molecule has 0 amide bonds. The minimum absolute atomic E-state index is 0.0185. The van der Waals surface area contributed by atoms with Crippen molar-refractivity contribution in [3.63, 3.8) is 0 Å². The van der Waals surface area contributed by atoms with Crippen LogP contribution in [0, 0.1) is 0 Å². The van der Waals surface area contributed by atoms with Gasteiger partial charge in [0.2, 0.25) is 0 Å². The van der Waals surface area contributed by atoms with E-state index in [2.05, 4.69) is 4.74 Å². The summed E-state index contributed by atoms with van der Waals surface area (Å²) in [6.07, 6.45) is 0. The summed E-state index contributed by atoms with van der Waals surface area (Å²) in [4.78, 5) is 9.74. The lowest BCUT2D eigenvalue weighted by atomic mass is 10.2. The van der Waals surface area contributed by atoms with E-state index >= 15 is 0 Å². The highest BCUT2D eigenvalue weighted by atomic mass is 16.5. The Balaban J connectivity index is 2.83. The van der Waals surface area contributed by atoms with Crippen LogP contribution in [0.25, 0.3) is 0 Å². The van der Waals surface area contributed by atoms with Crippen molar-refractivity contribution in [1.82, 2.24) is 0 Å². The highest BCUT2D eigenvalue weighted by Crippen LogP contribution is 1.66. The molecule has 0 fully saturated rings. The van der Waals surface area contributed by atoms with Gasteiger partial charge in [-0.3, -0.25) is 4.79 Å². The Bertz CT molecular complexity index is 52.8. The molecule has 0 aromatic heterocycles. The minimum atomic E-state index is -0.336. The van der Waals surface area contributed by atoms with Crippen molar-refractivity contribution in [1.29, 1.82) is 0 Å². The molecule has 3 heteroatoms. The molecule has 2 radical (unpaired) electrons. The van der Waals surface area contributed by atoms with E-state index < -0.39 is 0 Å². The van der Waals surface area contributed by atoms with E-state index in [-0.39, 0.29) is 12.5 Å². The summed E-state index contributed by atoms with van der Waals surface area (Å²) < 4.78 is 4.18. The Morgan fingerprint density at radius 1 is 2.00 bits per heavy atom. The maximum absolute atomic E-state index is 9.74. The van der Waals surface area contributed by atoms with E-state index in [1.165, 1.54) is 6.92 Å². The van der Waals surface area contributed by atoms with Gasteiger partial charge in [0.1, 0.15) is 7.85 Å². The van der Waals surface area contributed by atoms with Gasteiger partial charge in [-0.1, -0.05) is 0 Å². The van der Waals surface area contributed by atoms with Crippen LogP contribution in [-0.2, 0) is 9.53 Å². The smallest absolute Gasteiger partial charge is 0.301 e. The lowest BCUT2D eigenvalue weighted by molar-refractivity contribution is -0.138. The van der Waals surface area contributed by atoms with Crippen LogP contribution >= 0.6 is 0 Å². The Morgan fingerprint density at radius 2 is 2.50 bits per heavy atom. The van der Waals surface area contributed by atoms with Gasteiger partial charge in [-0.25, -0.2) is 0 Å². The zero-order valence-corrected chi connectivity index (χ0v) is 3.60. The molecule has 0 aromatic rings. The molecule has 0 bridgehead atoms. The summed E-state index contributed by atoms with van der Waals surface area (Å²) >= 11 is 0. The number of carbonyl (C=O) groups excluding carboxylic acids is 1. The van der Waals surface area contributed by atoms with Crippen LogP contribution in [-0.4, -0.2) is 20.3 Å². The molecule has 0 N–H and O–H groups in total. The highest BCUT2D eigenvalue weighted by molar-refractivity contribution is 6.08. The fraction of sp³-hybridized carbons (Fsp3) is 0.667. The molecule has 0 spiro atoms. The number of rotatable bonds is 1. The average molecular weight is 83.9 g/mol. The summed E-state index contributed by atoms with van der Waals surface area (Å²) in [5.41, 5.74) is 0. The Kier molecular flexibility index (Phi) is 2.54. The summed E-state index contributed by atoms with van der Waals surface area (Å²) in [6, 6.07) is 0. The minimum Gasteiger partial charge on any atom is -0.476 e. The van der Waals surface area contributed by atoms with Gasteiger partial charge in [0.25, 0.3) is 0 Å². The van der Waals surface area contributed by atoms with Gasteiger partial charge in [0.15, 0.2) is 0 Å². The van der Waals surface area contributed by atoms with Crippen LogP contribution in [0.15, 0.2) is 0 Å². The Morgan fingerprint density at radius 3 is 2.50 bits per heavy atom. The number of carbonyl (C=O) groups is 1. The quantitative estimate of drug-likeness (QED) is 0.321. The molecule has 0 aliphatic rings. The van der Waals surface area contributed by atoms with Crippen LogP contribution < -0.4 is 0 Å². The van der Waals surface area contributed by atoms with Crippen molar-refractivity contribution in [2.45, 2.75) is 6.92 Å². The normalized spacial score (nSPS) is 7.50. The van der Waals surface area contributed by atoms with Crippen LogP contribution in [0.2, 0.25) is 0 Å². The molecule has 32 valence electrons. The summed E-state index contributed by atoms with van der Waals surface area (Å²) in [7, 11) is 4.79. The molecule has 0 rings (SSSR count). The topological polar surface area (TPSA) is 26.3 Å². The SMILES string of the molecule is [B]COC(C)=O. The van der Waals surface area contributed by atoms with E-state index in [0.29, 0.717) is 0 Å². The van der Waals surface area contributed by atoms with Crippen LogP contribution in [0.1, 0.15) is 6.92 Å². The van der Waals surface area contributed by atoms with E-state index in [1.807, 2.05) is 0 Å². The molecule has 0 aromatic carbocycles. The average Bonchev–Trinajstić information content (AvgIpc) is 1.35. The fourth-order valence-electron chi connectivity index (χ4n) is 0.117. The summed E-state index contributed by atoms with van der Waals surface area (Å²) in [5, 5.41) is 0. The van der Waals surface area contributed by atoms with Crippen LogP contribution in [0.3, 0.4) is 0 Å².